The van der Waals surface area contributed by atoms with Crippen molar-refractivity contribution in [2.24, 2.45) is 0 Å². The fourth-order valence-electron chi connectivity index (χ4n) is 5.64. The third-order valence-corrected chi connectivity index (χ3v) is 8.62. The SMILES string of the molecule is COc1cc(C(=O)Nc2cccc(-c3cccc(CC(=O)c4cc(OC)c(CNC[C@H](O)CO)cn4)c3C)c2C)ncc1CCC[C@H](O)CO. The zero-order valence-corrected chi connectivity index (χ0v) is 28.9. The van der Waals surface area contributed by atoms with E-state index in [1.165, 1.54) is 14.2 Å². The van der Waals surface area contributed by atoms with Crippen LogP contribution in [0.15, 0.2) is 60.9 Å². The molecule has 266 valence electrons. The Morgan fingerprint density at radius 1 is 0.800 bits per heavy atom. The number of rotatable bonds is 18. The average molecular weight is 687 g/mol. The zero-order chi connectivity index (χ0) is 36.2. The number of aliphatic hydroxyl groups excluding tert-OH is 4. The van der Waals surface area contributed by atoms with Crippen LogP contribution in [0.4, 0.5) is 5.69 Å². The molecule has 0 saturated heterocycles. The molecule has 2 heterocycles. The summed E-state index contributed by atoms with van der Waals surface area (Å²) in [6.45, 7) is 3.81. The number of carbonyl (C=O) groups is 2. The molecular formula is C38H46N4O8. The zero-order valence-electron chi connectivity index (χ0n) is 28.9. The van der Waals surface area contributed by atoms with Crippen LogP contribution in [-0.4, -0.2) is 88.3 Å². The lowest BCUT2D eigenvalue weighted by molar-refractivity contribution is 0.0866. The number of pyridine rings is 2. The maximum atomic E-state index is 13.4. The standard InChI is InChI=1S/C38H46N4O8/c1-23-25(14-35(47)33-15-37(50-4)27(19-40-33)17-39-20-29(46)22-44)8-6-11-30(23)31-12-7-13-32(24(31)2)42-38(48)34-16-36(49-3)26(18-41-34)9-5-10-28(45)21-43/h6-8,11-13,15-16,18-19,28-29,39,43-46H,5,9-10,14,17,20-22H2,1-4H3,(H,42,48)/t28-,29-/m0/s1. The van der Waals surface area contributed by atoms with Crippen LogP contribution in [0, 0.1) is 13.8 Å². The minimum atomic E-state index is -0.874. The quantitative estimate of drug-likeness (QED) is 0.0842. The van der Waals surface area contributed by atoms with Gasteiger partial charge in [-0.3, -0.25) is 19.6 Å². The van der Waals surface area contributed by atoms with Crippen molar-refractivity contribution in [2.75, 3.05) is 39.3 Å². The molecule has 2 aromatic carbocycles. The molecule has 2 aromatic heterocycles. The molecule has 6 N–H and O–H groups in total. The molecular weight excluding hydrogens is 640 g/mol. The van der Waals surface area contributed by atoms with Gasteiger partial charge in [0.05, 0.1) is 39.6 Å². The second-order valence-corrected chi connectivity index (χ2v) is 12.1. The molecule has 0 unspecified atom stereocenters. The second-order valence-electron chi connectivity index (χ2n) is 12.1. The first-order chi connectivity index (χ1) is 24.1. The molecule has 2 atom stereocenters. The first-order valence-corrected chi connectivity index (χ1v) is 16.5. The lowest BCUT2D eigenvalue weighted by Gasteiger charge is -2.17. The summed E-state index contributed by atoms with van der Waals surface area (Å²) in [7, 11) is 3.04. The fourth-order valence-corrected chi connectivity index (χ4v) is 5.64. The van der Waals surface area contributed by atoms with Crippen molar-refractivity contribution in [2.45, 2.75) is 58.3 Å². The van der Waals surface area contributed by atoms with Gasteiger partial charge in [-0.15, -0.1) is 0 Å². The van der Waals surface area contributed by atoms with Crippen molar-refractivity contribution >= 4 is 17.4 Å². The van der Waals surface area contributed by atoms with Gasteiger partial charge in [-0.2, -0.15) is 0 Å². The average Bonchev–Trinajstić information content (AvgIpc) is 3.13. The number of hydrogen-bond donors (Lipinski definition) is 6. The molecule has 0 bridgehead atoms. The molecule has 12 heteroatoms. The normalized spacial score (nSPS) is 12.3. The maximum absolute atomic E-state index is 13.4. The van der Waals surface area contributed by atoms with Crippen LogP contribution in [-0.2, 0) is 19.4 Å². The summed E-state index contributed by atoms with van der Waals surface area (Å²) in [5.74, 6) is 0.448. The van der Waals surface area contributed by atoms with E-state index in [4.69, 9.17) is 19.7 Å². The molecule has 0 radical (unpaired) electrons. The first-order valence-electron chi connectivity index (χ1n) is 16.5. The summed E-state index contributed by atoms with van der Waals surface area (Å²) in [6.07, 6.45) is 3.30. The predicted octanol–water partition coefficient (Wildman–Crippen LogP) is 3.57. The topological polar surface area (TPSA) is 183 Å². The van der Waals surface area contributed by atoms with E-state index in [2.05, 4.69) is 20.6 Å². The molecule has 0 fully saturated rings. The third-order valence-electron chi connectivity index (χ3n) is 8.62. The number of aryl methyl sites for hydroxylation is 1. The Morgan fingerprint density at radius 3 is 2.12 bits per heavy atom. The van der Waals surface area contributed by atoms with Crippen molar-refractivity contribution in [3.8, 4) is 22.6 Å². The minimum Gasteiger partial charge on any atom is -0.496 e. The highest BCUT2D eigenvalue weighted by molar-refractivity contribution is 6.04. The number of aromatic nitrogens is 2. The predicted molar refractivity (Wildman–Crippen MR) is 190 cm³/mol. The monoisotopic (exact) mass is 686 g/mol. The number of anilines is 1. The van der Waals surface area contributed by atoms with Crippen LogP contribution in [0.5, 0.6) is 11.5 Å². The Bertz CT molecular complexity index is 1650. The Hall–Kier alpha value is -4.72. The van der Waals surface area contributed by atoms with E-state index in [1.807, 2.05) is 50.2 Å². The van der Waals surface area contributed by atoms with Gasteiger partial charge < -0.3 is 40.5 Å². The van der Waals surface area contributed by atoms with Crippen molar-refractivity contribution in [3.05, 3.63) is 100 Å². The minimum absolute atomic E-state index is 0.122. The van der Waals surface area contributed by atoms with Gasteiger partial charge in [0.25, 0.3) is 5.91 Å². The second kappa shape index (κ2) is 18.3. The van der Waals surface area contributed by atoms with Crippen LogP contribution in [0.1, 0.15) is 61.6 Å². The van der Waals surface area contributed by atoms with Crippen LogP contribution in [0.2, 0.25) is 0 Å². The summed E-state index contributed by atoms with van der Waals surface area (Å²) in [5.41, 5.74) is 7.05. The number of Topliss-reactive ketones (excluding diaryl/α,β-unsaturated/α-hetero) is 1. The van der Waals surface area contributed by atoms with E-state index in [-0.39, 0.29) is 43.4 Å². The number of nitrogens with one attached hydrogen (secondary N) is 2. The number of amides is 1. The number of nitrogens with zero attached hydrogens (tertiary/aromatic N) is 2. The number of ketones is 1. The third kappa shape index (κ3) is 9.71. The molecule has 50 heavy (non-hydrogen) atoms. The highest BCUT2D eigenvalue weighted by Gasteiger charge is 2.18. The summed E-state index contributed by atoms with van der Waals surface area (Å²) in [6, 6.07) is 14.7. The van der Waals surface area contributed by atoms with E-state index in [0.29, 0.717) is 48.6 Å². The number of ether oxygens (including phenoxy) is 2. The molecule has 12 nitrogen and oxygen atoms in total. The number of benzene rings is 2. The number of hydrogen-bond acceptors (Lipinski definition) is 11. The van der Waals surface area contributed by atoms with Crippen molar-refractivity contribution < 1.29 is 39.5 Å². The number of methoxy groups -OCH3 is 2. The van der Waals surface area contributed by atoms with Crippen LogP contribution in [0.3, 0.4) is 0 Å². The smallest absolute Gasteiger partial charge is 0.274 e. The van der Waals surface area contributed by atoms with E-state index in [0.717, 1.165) is 33.4 Å². The van der Waals surface area contributed by atoms with E-state index < -0.39 is 18.1 Å². The van der Waals surface area contributed by atoms with Crippen molar-refractivity contribution in [3.63, 3.8) is 0 Å². The highest BCUT2D eigenvalue weighted by Crippen LogP contribution is 2.33. The first kappa shape index (κ1) is 38.1. The fraction of sp³-hybridized carbons (Fsp3) is 0.368. The van der Waals surface area contributed by atoms with E-state index >= 15 is 0 Å². The largest absolute Gasteiger partial charge is 0.496 e. The lowest BCUT2D eigenvalue weighted by Crippen LogP contribution is -2.29. The number of carbonyl (C=O) groups excluding carboxylic acids is 2. The maximum Gasteiger partial charge on any atom is 0.274 e. The molecule has 0 aliphatic heterocycles. The summed E-state index contributed by atoms with van der Waals surface area (Å²) < 4.78 is 11.0. The van der Waals surface area contributed by atoms with Gasteiger partial charge in [-0.05, 0) is 67.0 Å². The molecule has 4 rings (SSSR count). The highest BCUT2D eigenvalue weighted by atomic mass is 16.5. The Morgan fingerprint density at radius 2 is 1.42 bits per heavy atom. The van der Waals surface area contributed by atoms with Crippen LogP contribution in [0.25, 0.3) is 11.1 Å². The van der Waals surface area contributed by atoms with Gasteiger partial charge in [-0.1, -0.05) is 30.3 Å². The van der Waals surface area contributed by atoms with Gasteiger partial charge >= 0.3 is 0 Å². The molecule has 0 aliphatic rings. The summed E-state index contributed by atoms with van der Waals surface area (Å²) >= 11 is 0. The van der Waals surface area contributed by atoms with E-state index in [9.17, 15) is 19.8 Å². The summed E-state index contributed by atoms with van der Waals surface area (Å²) in [4.78, 5) is 35.4. The molecule has 0 saturated carbocycles. The van der Waals surface area contributed by atoms with E-state index in [1.54, 1.807) is 24.5 Å². The summed E-state index contributed by atoms with van der Waals surface area (Å²) in [5, 5.41) is 43.2. The number of aliphatic hydroxyl groups is 4. The van der Waals surface area contributed by atoms with Gasteiger partial charge in [-0.25, -0.2) is 0 Å². The molecule has 1 amide bonds. The van der Waals surface area contributed by atoms with Crippen LogP contribution < -0.4 is 20.1 Å². The Labute approximate surface area is 292 Å². The molecule has 4 aromatic rings. The van der Waals surface area contributed by atoms with Gasteiger partial charge in [0.1, 0.15) is 22.9 Å². The Balaban J connectivity index is 1.49. The lowest BCUT2D eigenvalue weighted by atomic mass is 9.91. The van der Waals surface area contributed by atoms with Gasteiger partial charge in [0, 0.05) is 60.9 Å². The van der Waals surface area contributed by atoms with Crippen molar-refractivity contribution in [1.29, 1.82) is 0 Å². The molecule has 0 spiro atoms. The Kier molecular flexibility index (Phi) is 14.0. The van der Waals surface area contributed by atoms with Crippen LogP contribution >= 0.6 is 0 Å². The molecule has 0 aliphatic carbocycles. The van der Waals surface area contributed by atoms with Crippen molar-refractivity contribution in [1.82, 2.24) is 15.3 Å². The van der Waals surface area contributed by atoms with Gasteiger partial charge in [0.15, 0.2) is 5.78 Å². The van der Waals surface area contributed by atoms with Gasteiger partial charge in [0.2, 0.25) is 0 Å².